The summed E-state index contributed by atoms with van der Waals surface area (Å²) in [4.78, 5) is 12.1. The first kappa shape index (κ1) is 14.5. The Bertz CT molecular complexity index is 1030. The summed E-state index contributed by atoms with van der Waals surface area (Å²) in [5.74, 6) is -0.449. The van der Waals surface area contributed by atoms with Crippen LogP contribution in [0.2, 0.25) is 0 Å². The lowest BCUT2D eigenvalue weighted by Gasteiger charge is -2.06. The summed E-state index contributed by atoms with van der Waals surface area (Å²) in [5.41, 5.74) is 2.90. The quantitative estimate of drug-likeness (QED) is 0.537. The molecule has 3 nitrogen and oxygen atoms in total. The summed E-state index contributed by atoms with van der Waals surface area (Å²) in [5, 5.41) is 5.20. The van der Waals surface area contributed by atoms with Crippen molar-refractivity contribution in [2.75, 3.05) is 11.9 Å². The molecule has 0 fully saturated rings. The van der Waals surface area contributed by atoms with Crippen LogP contribution in [0.15, 0.2) is 71.1 Å². The van der Waals surface area contributed by atoms with Crippen molar-refractivity contribution in [3.05, 3.63) is 78.1 Å². The Kier molecular flexibility index (Phi) is 3.50. The molecule has 0 unspecified atom stereocenters. The third-order valence-corrected chi connectivity index (χ3v) is 4.00. The van der Waals surface area contributed by atoms with Crippen LogP contribution in [-0.4, -0.2) is 12.3 Å². The fraction of sp³-hybridized carbons (Fsp3) is 0.0500. The lowest BCUT2D eigenvalue weighted by Crippen LogP contribution is -2.13. The highest BCUT2D eigenvalue weighted by Crippen LogP contribution is 2.30. The zero-order chi connectivity index (χ0) is 16.5. The number of fused-ring (bicyclic) bond motifs is 3. The number of carbonyl (C=O) groups excluding carboxylic acids is 1. The molecule has 0 aliphatic carbocycles. The molecule has 1 N–H and O–H groups in total. The van der Waals surface area contributed by atoms with Crippen molar-refractivity contribution in [2.45, 2.75) is 0 Å². The highest BCUT2D eigenvalue weighted by molar-refractivity contribution is 6.06. The molecule has 4 rings (SSSR count). The van der Waals surface area contributed by atoms with Gasteiger partial charge in [0.1, 0.15) is 17.0 Å². The SMILES string of the molecule is O=C(CNc1ccc2c(c1)oc1ccccc12)c1ccc(F)cc1. The Morgan fingerprint density at radius 3 is 2.50 bits per heavy atom. The highest BCUT2D eigenvalue weighted by atomic mass is 19.1. The van der Waals surface area contributed by atoms with E-state index >= 15 is 0 Å². The minimum atomic E-state index is -0.352. The number of para-hydroxylation sites is 1. The molecule has 118 valence electrons. The molecule has 24 heavy (non-hydrogen) atoms. The number of rotatable bonds is 4. The molecular weight excluding hydrogens is 305 g/mol. The van der Waals surface area contributed by atoms with Crippen molar-refractivity contribution in [3.8, 4) is 0 Å². The molecule has 1 heterocycles. The third-order valence-electron chi connectivity index (χ3n) is 4.00. The normalized spacial score (nSPS) is 11.0. The molecule has 1 aromatic heterocycles. The topological polar surface area (TPSA) is 42.2 Å². The first-order chi connectivity index (χ1) is 11.7. The number of halogens is 1. The van der Waals surface area contributed by atoms with E-state index in [4.69, 9.17) is 4.42 Å². The molecule has 0 atom stereocenters. The van der Waals surface area contributed by atoms with Crippen LogP contribution >= 0.6 is 0 Å². The lowest BCUT2D eigenvalue weighted by atomic mass is 10.1. The van der Waals surface area contributed by atoms with E-state index in [2.05, 4.69) is 5.32 Å². The first-order valence-electron chi connectivity index (χ1n) is 7.65. The summed E-state index contributed by atoms with van der Waals surface area (Å²) < 4.78 is 18.7. The summed E-state index contributed by atoms with van der Waals surface area (Å²) >= 11 is 0. The average Bonchev–Trinajstić information content (AvgIpc) is 2.98. The highest BCUT2D eigenvalue weighted by Gasteiger charge is 2.09. The lowest BCUT2D eigenvalue weighted by molar-refractivity contribution is 0.101. The maximum Gasteiger partial charge on any atom is 0.181 e. The number of furan rings is 1. The van der Waals surface area contributed by atoms with Gasteiger partial charge in [0.2, 0.25) is 0 Å². The van der Waals surface area contributed by atoms with Gasteiger partial charge in [-0.3, -0.25) is 4.79 Å². The van der Waals surface area contributed by atoms with E-state index in [1.807, 2.05) is 42.5 Å². The van der Waals surface area contributed by atoms with E-state index in [-0.39, 0.29) is 18.1 Å². The first-order valence-corrected chi connectivity index (χ1v) is 7.65. The van der Waals surface area contributed by atoms with Gasteiger partial charge in [-0.2, -0.15) is 0 Å². The molecule has 0 amide bonds. The van der Waals surface area contributed by atoms with E-state index in [1.165, 1.54) is 24.3 Å². The molecule has 0 saturated carbocycles. The number of benzene rings is 3. The molecule has 4 aromatic rings. The Balaban J connectivity index is 1.55. The predicted molar refractivity (Wildman–Crippen MR) is 92.9 cm³/mol. The fourth-order valence-corrected chi connectivity index (χ4v) is 2.76. The Morgan fingerprint density at radius 2 is 1.67 bits per heavy atom. The third kappa shape index (κ3) is 2.63. The van der Waals surface area contributed by atoms with Crippen LogP contribution in [0.1, 0.15) is 10.4 Å². The predicted octanol–water partition coefficient (Wildman–Crippen LogP) is 5.02. The Hall–Kier alpha value is -3.14. The smallest absolute Gasteiger partial charge is 0.181 e. The largest absolute Gasteiger partial charge is 0.456 e. The number of ketones is 1. The summed E-state index contributed by atoms with van der Waals surface area (Å²) in [6.07, 6.45) is 0. The van der Waals surface area contributed by atoms with E-state index in [0.717, 1.165) is 27.6 Å². The minimum absolute atomic E-state index is 0.0975. The number of hydrogen-bond donors (Lipinski definition) is 1. The van der Waals surface area contributed by atoms with Crippen molar-refractivity contribution >= 4 is 33.4 Å². The van der Waals surface area contributed by atoms with Crippen LogP contribution in [0, 0.1) is 5.82 Å². The van der Waals surface area contributed by atoms with Crippen LogP contribution in [0.25, 0.3) is 21.9 Å². The molecule has 0 radical (unpaired) electrons. The van der Waals surface area contributed by atoms with E-state index in [0.29, 0.717) is 5.56 Å². The van der Waals surface area contributed by atoms with Crippen LogP contribution in [0.5, 0.6) is 0 Å². The van der Waals surface area contributed by atoms with Crippen molar-refractivity contribution in [2.24, 2.45) is 0 Å². The average molecular weight is 319 g/mol. The molecule has 4 heteroatoms. The van der Waals surface area contributed by atoms with Crippen molar-refractivity contribution in [1.29, 1.82) is 0 Å². The van der Waals surface area contributed by atoms with Gasteiger partial charge in [-0.1, -0.05) is 18.2 Å². The zero-order valence-corrected chi connectivity index (χ0v) is 12.8. The van der Waals surface area contributed by atoms with Gasteiger partial charge in [-0.25, -0.2) is 4.39 Å². The summed E-state index contributed by atoms with van der Waals surface area (Å²) in [6.45, 7) is 0.136. The molecular formula is C20H14FNO2. The standard InChI is InChI=1S/C20H14FNO2/c21-14-7-5-13(6-8-14)18(23)12-22-15-9-10-17-16-3-1-2-4-19(16)24-20(17)11-15/h1-11,22H,12H2. The van der Waals surface area contributed by atoms with E-state index in [1.54, 1.807) is 0 Å². The van der Waals surface area contributed by atoms with Crippen molar-refractivity contribution < 1.29 is 13.6 Å². The van der Waals surface area contributed by atoms with Crippen LogP contribution in [0.4, 0.5) is 10.1 Å². The maximum atomic E-state index is 12.9. The van der Waals surface area contributed by atoms with Gasteiger partial charge in [0.05, 0.1) is 6.54 Å². The van der Waals surface area contributed by atoms with Gasteiger partial charge >= 0.3 is 0 Å². The van der Waals surface area contributed by atoms with Crippen LogP contribution in [0.3, 0.4) is 0 Å². The fourth-order valence-electron chi connectivity index (χ4n) is 2.76. The zero-order valence-electron chi connectivity index (χ0n) is 12.8. The molecule has 0 spiro atoms. The molecule has 0 aliphatic rings. The minimum Gasteiger partial charge on any atom is -0.456 e. The number of anilines is 1. The van der Waals surface area contributed by atoms with E-state index in [9.17, 15) is 9.18 Å². The molecule has 0 bridgehead atoms. The van der Waals surface area contributed by atoms with Crippen molar-refractivity contribution in [1.82, 2.24) is 0 Å². The van der Waals surface area contributed by atoms with E-state index < -0.39 is 0 Å². The van der Waals surface area contributed by atoms with Crippen LogP contribution in [-0.2, 0) is 0 Å². The number of hydrogen-bond acceptors (Lipinski definition) is 3. The molecule has 0 aliphatic heterocycles. The van der Waals surface area contributed by atoms with Crippen LogP contribution < -0.4 is 5.32 Å². The van der Waals surface area contributed by atoms with Gasteiger partial charge in [-0.15, -0.1) is 0 Å². The Morgan fingerprint density at radius 1 is 0.917 bits per heavy atom. The number of carbonyl (C=O) groups is 1. The maximum absolute atomic E-state index is 12.9. The Labute approximate surface area is 137 Å². The van der Waals surface area contributed by atoms with Crippen molar-refractivity contribution in [3.63, 3.8) is 0 Å². The van der Waals surface area contributed by atoms with Gasteiger partial charge < -0.3 is 9.73 Å². The van der Waals surface area contributed by atoms with Gasteiger partial charge in [0, 0.05) is 28.1 Å². The van der Waals surface area contributed by atoms with Gasteiger partial charge in [-0.05, 0) is 42.5 Å². The summed E-state index contributed by atoms with van der Waals surface area (Å²) in [6, 6.07) is 19.2. The van der Waals surface area contributed by atoms with Gasteiger partial charge in [0.15, 0.2) is 5.78 Å². The molecule has 3 aromatic carbocycles. The summed E-state index contributed by atoms with van der Waals surface area (Å²) in [7, 11) is 0. The number of nitrogens with one attached hydrogen (secondary N) is 1. The second-order valence-corrected chi connectivity index (χ2v) is 5.59. The second kappa shape index (κ2) is 5.81. The molecule has 0 saturated heterocycles. The monoisotopic (exact) mass is 319 g/mol. The second-order valence-electron chi connectivity index (χ2n) is 5.59. The number of Topliss-reactive ketones (excluding diaryl/α,β-unsaturated/α-hetero) is 1. The van der Waals surface area contributed by atoms with Gasteiger partial charge in [0.25, 0.3) is 0 Å².